The maximum atomic E-state index is 10.9. The summed E-state index contributed by atoms with van der Waals surface area (Å²) in [5, 5.41) is 2.00. The number of rotatable bonds is 2. The maximum absolute atomic E-state index is 10.9. The Morgan fingerprint density at radius 1 is 1.58 bits per heavy atom. The van der Waals surface area contributed by atoms with Crippen molar-refractivity contribution in [3.63, 3.8) is 0 Å². The number of halogens is 1. The minimum absolute atomic E-state index is 0.125. The van der Waals surface area contributed by atoms with Crippen LogP contribution in [0.2, 0.25) is 0 Å². The predicted octanol–water partition coefficient (Wildman–Crippen LogP) is 3.50. The van der Waals surface area contributed by atoms with Crippen LogP contribution < -0.4 is 0 Å². The van der Waals surface area contributed by atoms with Gasteiger partial charge in [0.1, 0.15) is 0 Å². The Hall–Kier alpha value is -0.410. The van der Waals surface area contributed by atoms with E-state index in [0.29, 0.717) is 0 Å². The summed E-state index contributed by atoms with van der Waals surface area (Å²) in [6.07, 6.45) is 1.90. The van der Waals surface area contributed by atoms with Crippen LogP contribution in [0.3, 0.4) is 0 Å². The van der Waals surface area contributed by atoms with Crippen LogP contribution in [0.25, 0.3) is 6.08 Å². The van der Waals surface area contributed by atoms with Crippen molar-refractivity contribution in [3.05, 3.63) is 26.4 Å². The molecule has 0 radical (unpaired) electrons. The van der Waals surface area contributed by atoms with Crippen molar-refractivity contribution in [2.75, 3.05) is 0 Å². The van der Waals surface area contributed by atoms with Gasteiger partial charge in [0.05, 0.1) is 0 Å². The average molecular weight is 245 g/mol. The van der Waals surface area contributed by atoms with Crippen molar-refractivity contribution in [1.29, 1.82) is 0 Å². The van der Waals surface area contributed by atoms with Crippen LogP contribution in [0.15, 0.2) is 21.5 Å². The third-order valence-electron chi connectivity index (χ3n) is 1.50. The molecule has 1 nitrogen and oxygen atoms in total. The number of carbonyl (C=O) groups is 1. The Labute approximate surface area is 84.2 Å². The summed E-state index contributed by atoms with van der Waals surface area (Å²) in [4.78, 5) is 12.0. The van der Waals surface area contributed by atoms with E-state index in [9.17, 15) is 4.79 Å². The molecule has 0 saturated heterocycles. The molecule has 0 aliphatic rings. The molecule has 0 N–H and O–H groups in total. The highest BCUT2D eigenvalue weighted by atomic mass is 79.9. The molecule has 0 amide bonds. The predicted molar refractivity (Wildman–Crippen MR) is 56.4 cm³/mol. The zero-order chi connectivity index (χ0) is 9.14. The van der Waals surface area contributed by atoms with E-state index in [-0.39, 0.29) is 5.78 Å². The Morgan fingerprint density at radius 3 is 2.67 bits per heavy atom. The summed E-state index contributed by atoms with van der Waals surface area (Å²) < 4.78 is 1.06. The van der Waals surface area contributed by atoms with Gasteiger partial charge in [-0.3, -0.25) is 4.79 Å². The number of hydrogen-bond acceptors (Lipinski definition) is 2. The molecule has 0 fully saturated rings. The summed E-state index contributed by atoms with van der Waals surface area (Å²) in [6, 6.07) is 2.00. The van der Waals surface area contributed by atoms with E-state index in [2.05, 4.69) is 15.9 Å². The van der Waals surface area contributed by atoms with Gasteiger partial charge >= 0.3 is 0 Å². The van der Waals surface area contributed by atoms with E-state index >= 15 is 0 Å². The van der Waals surface area contributed by atoms with E-state index in [1.807, 2.05) is 24.4 Å². The molecule has 0 aliphatic carbocycles. The normalized spacial score (nSPS) is 11.8. The van der Waals surface area contributed by atoms with E-state index < -0.39 is 0 Å². The highest BCUT2D eigenvalue weighted by Gasteiger charge is 1.98. The minimum atomic E-state index is 0.125. The van der Waals surface area contributed by atoms with Crippen molar-refractivity contribution < 1.29 is 4.79 Å². The van der Waals surface area contributed by atoms with Gasteiger partial charge in [-0.25, -0.2) is 0 Å². The largest absolute Gasteiger partial charge is 0.295 e. The van der Waals surface area contributed by atoms with Crippen LogP contribution in [0.1, 0.15) is 18.7 Å². The Morgan fingerprint density at radius 2 is 2.25 bits per heavy atom. The van der Waals surface area contributed by atoms with Gasteiger partial charge in [0, 0.05) is 14.7 Å². The molecule has 12 heavy (non-hydrogen) atoms. The monoisotopic (exact) mass is 244 g/mol. The second-order valence-electron chi connectivity index (χ2n) is 2.55. The van der Waals surface area contributed by atoms with Crippen molar-refractivity contribution in [3.8, 4) is 0 Å². The van der Waals surface area contributed by atoms with Crippen molar-refractivity contribution in [1.82, 2.24) is 0 Å². The fourth-order valence-electron chi connectivity index (χ4n) is 0.719. The number of Topliss-reactive ketones (excluding diaryl/α,β-unsaturated/α-hetero) is 1. The highest BCUT2D eigenvalue weighted by molar-refractivity contribution is 9.10. The van der Waals surface area contributed by atoms with Crippen LogP contribution in [0.5, 0.6) is 0 Å². The van der Waals surface area contributed by atoms with Crippen molar-refractivity contribution in [2.24, 2.45) is 0 Å². The summed E-state index contributed by atoms with van der Waals surface area (Å²) in [6.45, 7) is 3.41. The van der Waals surface area contributed by atoms with Gasteiger partial charge < -0.3 is 0 Å². The highest BCUT2D eigenvalue weighted by Crippen LogP contribution is 2.21. The van der Waals surface area contributed by atoms with Gasteiger partial charge in [-0.1, -0.05) is 0 Å². The molecule has 0 spiro atoms. The van der Waals surface area contributed by atoms with Gasteiger partial charge in [0.25, 0.3) is 0 Å². The standard InChI is InChI=1S/C9H9BrOS/c1-6(7(2)11)3-9-4-8(10)5-12-9/h3-5H,1-2H3. The lowest BCUT2D eigenvalue weighted by molar-refractivity contribution is -0.113. The SMILES string of the molecule is CC(=O)C(C)=Cc1cc(Br)cs1. The number of thiophene rings is 1. The summed E-state index contributed by atoms with van der Waals surface area (Å²) in [5.74, 6) is 0.125. The van der Waals surface area contributed by atoms with Crippen molar-refractivity contribution in [2.45, 2.75) is 13.8 Å². The molecule has 1 rings (SSSR count). The van der Waals surface area contributed by atoms with Gasteiger partial charge in [0.15, 0.2) is 5.78 Å². The lowest BCUT2D eigenvalue weighted by atomic mass is 10.2. The summed E-state index contributed by atoms with van der Waals surface area (Å²) in [5.41, 5.74) is 0.796. The molecular formula is C9H9BrOS. The topological polar surface area (TPSA) is 17.1 Å². The van der Waals surface area contributed by atoms with Gasteiger partial charge in [-0.2, -0.15) is 0 Å². The fourth-order valence-corrected chi connectivity index (χ4v) is 2.15. The first kappa shape index (κ1) is 9.68. The van der Waals surface area contributed by atoms with E-state index in [1.165, 1.54) is 0 Å². The first-order valence-electron chi connectivity index (χ1n) is 3.53. The molecule has 0 aliphatic heterocycles. The second kappa shape index (κ2) is 4.01. The Balaban J connectivity index is 2.87. The number of allylic oxidation sites excluding steroid dienone is 1. The van der Waals surface area contributed by atoms with Gasteiger partial charge in [-0.05, 0) is 47.5 Å². The zero-order valence-electron chi connectivity index (χ0n) is 6.93. The molecule has 0 aromatic carbocycles. The number of ketones is 1. The first-order chi connectivity index (χ1) is 5.59. The molecular weight excluding hydrogens is 236 g/mol. The summed E-state index contributed by atoms with van der Waals surface area (Å²) >= 11 is 4.98. The van der Waals surface area contributed by atoms with Gasteiger partial charge in [-0.15, -0.1) is 11.3 Å². The number of carbonyl (C=O) groups excluding carboxylic acids is 1. The lowest BCUT2D eigenvalue weighted by Gasteiger charge is -1.90. The molecule has 0 bridgehead atoms. The third kappa shape index (κ3) is 2.57. The zero-order valence-corrected chi connectivity index (χ0v) is 9.33. The molecule has 0 saturated carbocycles. The van der Waals surface area contributed by atoms with Gasteiger partial charge in [0.2, 0.25) is 0 Å². The number of hydrogen-bond donors (Lipinski definition) is 0. The Kier molecular flexibility index (Phi) is 3.23. The molecule has 64 valence electrons. The molecule has 1 aromatic heterocycles. The fraction of sp³-hybridized carbons (Fsp3) is 0.222. The second-order valence-corrected chi connectivity index (χ2v) is 4.41. The average Bonchev–Trinajstić information content (AvgIpc) is 2.35. The lowest BCUT2D eigenvalue weighted by Crippen LogP contribution is -1.89. The first-order valence-corrected chi connectivity index (χ1v) is 5.20. The quantitative estimate of drug-likeness (QED) is 0.729. The van der Waals surface area contributed by atoms with Crippen molar-refractivity contribution >= 4 is 39.1 Å². The smallest absolute Gasteiger partial charge is 0.155 e. The third-order valence-corrected chi connectivity index (χ3v) is 3.14. The van der Waals surface area contributed by atoms with E-state index in [4.69, 9.17) is 0 Å². The summed E-state index contributed by atoms with van der Waals surface area (Å²) in [7, 11) is 0. The minimum Gasteiger partial charge on any atom is -0.295 e. The van der Waals surface area contributed by atoms with Crippen LogP contribution in [0.4, 0.5) is 0 Å². The molecule has 1 heterocycles. The van der Waals surface area contributed by atoms with Crippen LogP contribution in [0, 0.1) is 0 Å². The molecule has 0 atom stereocenters. The Bertz CT molecular complexity index is 325. The van der Waals surface area contributed by atoms with E-state index in [0.717, 1.165) is 14.9 Å². The maximum Gasteiger partial charge on any atom is 0.155 e. The van der Waals surface area contributed by atoms with Crippen LogP contribution in [-0.2, 0) is 4.79 Å². The molecule has 0 unspecified atom stereocenters. The van der Waals surface area contributed by atoms with E-state index in [1.54, 1.807) is 18.3 Å². The van der Waals surface area contributed by atoms with Crippen LogP contribution >= 0.6 is 27.3 Å². The molecule has 3 heteroatoms. The molecule has 1 aromatic rings. The van der Waals surface area contributed by atoms with Crippen LogP contribution in [-0.4, -0.2) is 5.78 Å².